The van der Waals surface area contributed by atoms with E-state index in [1.807, 2.05) is 54.8 Å². The van der Waals surface area contributed by atoms with Crippen molar-refractivity contribution < 1.29 is 28.9 Å². The number of methoxy groups -OCH3 is 1. The van der Waals surface area contributed by atoms with E-state index in [-0.39, 0.29) is 24.5 Å². The van der Waals surface area contributed by atoms with Crippen molar-refractivity contribution in [1.29, 1.82) is 0 Å². The van der Waals surface area contributed by atoms with Crippen molar-refractivity contribution in [2.24, 2.45) is 0 Å². The maximum absolute atomic E-state index is 13.3. The van der Waals surface area contributed by atoms with Gasteiger partial charge in [-0.25, -0.2) is 0 Å². The standard InChI is InChI=1S/C32H29NO6S/c1-21-19-23(10-15-26(21)39-20-22-7-4-3-5-8-22)30(34)28-29(27-9-6-18-40-27)33(32(36)31(28)35)16-17-38-25-13-11-24(37-2)12-14-25/h3-15,18-19,29,34H,16-17,20H2,1-2H3/b30-28-. The highest BCUT2D eigenvalue weighted by atomic mass is 32.1. The average Bonchev–Trinajstić information content (AvgIpc) is 3.60. The number of thiophene rings is 1. The van der Waals surface area contributed by atoms with E-state index in [2.05, 4.69) is 0 Å². The number of benzene rings is 3. The van der Waals surface area contributed by atoms with Gasteiger partial charge in [0.05, 0.1) is 25.3 Å². The third-order valence-corrected chi connectivity index (χ3v) is 7.62. The minimum absolute atomic E-state index is 0.0641. The van der Waals surface area contributed by atoms with E-state index in [0.29, 0.717) is 29.4 Å². The molecule has 1 saturated heterocycles. The molecule has 3 aromatic carbocycles. The van der Waals surface area contributed by atoms with Crippen molar-refractivity contribution >= 4 is 28.8 Å². The van der Waals surface area contributed by atoms with Crippen LogP contribution in [-0.2, 0) is 16.2 Å². The van der Waals surface area contributed by atoms with Crippen molar-refractivity contribution in [3.05, 3.63) is 117 Å². The third kappa shape index (κ3) is 5.72. The van der Waals surface area contributed by atoms with Gasteiger partial charge in [-0.05, 0) is 72.0 Å². The topological polar surface area (TPSA) is 85.3 Å². The first-order valence-corrected chi connectivity index (χ1v) is 13.7. The summed E-state index contributed by atoms with van der Waals surface area (Å²) in [5.41, 5.74) is 2.35. The maximum Gasteiger partial charge on any atom is 0.295 e. The lowest BCUT2D eigenvalue weighted by Crippen LogP contribution is -2.33. The largest absolute Gasteiger partial charge is 0.507 e. The molecule has 1 amide bonds. The lowest BCUT2D eigenvalue weighted by atomic mass is 9.99. The number of hydrogen-bond acceptors (Lipinski definition) is 7. The van der Waals surface area contributed by atoms with Crippen molar-refractivity contribution in [3.8, 4) is 17.2 Å². The fraction of sp³-hybridized carbons (Fsp3) is 0.188. The highest BCUT2D eigenvalue weighted by Crippen LogP contribution is 2.41. The smallest absolute Gasteiger partial charge is 0.295 e. The molecule has 0 spiro atoms. The number of ketones is 1. The summed E-state index contributed by atoms with van der Waals surface area (Å²) in [5, 5.41) is 13.3. The third-order valence-electron chi connectivity index (χ3n) is 6.70. The van der Waals surface area contributed by atoms with Gasteiger partial charge in [-0.2, -0.15) is 0 Å². The number of aliphatic hydroxyl groups excluding tert-OH is 1. The van der Waals surface area contributed by atoms with Gasteiger partial charge in [0.15, 0.2) is 0 Å². The Morgan fingerprint density at radius 1 is 0.925 bits per heavy atom. The molecule has 1 N–H and O–H groups in total. The zero-order valence-corrected chi connectivity index (χ0v) is 23.0. The fourth-order valence-corrected chi connectivity index (χ4v) is 5.48. The number of Topliss-reactive ketones (excluding diaryl/α,β-unsaturated/α-hetero) is 1. The summed E-state index contributed by atoms with van der Waals surface area (Å²) in [6.45, 7) is 2.63. The van der Waals surface area contributed by atoms with Crippen molar-refractivity contribution in [1.82, 2.24) is 4.90 Å². The summed E-state index contributed by atoms with van der Waals surface area (Å²) in [4.78, 5) is 28.7. The molecule has 1 aliphatic heterocycles. The van der Waals surface area contributed by atoms with Crippen LogP contribution in [0, 0.1) is 6.92 Å². The van der Waals surface area contributed by atoms with Gasteiger partial charge in [0.1, 0.15) is 36.2 Å². The van der Waals surface area contributed by atoms with Gasteiger partial charge in [0.25, 0.3) is 11.7 Å². The number of aliphatic hydroxyl groups is 1. The summed E-state index contributed by atoms with van der Waals surface area (Å²) < 4.78 is 17.0. The van der Waals surface area contributed by atoms with E-state index in [1.165, 1.54) is 16.2 Å². The summed E-state index contributed by atoms with van der Waals surface area (Å²) in [7, 11) is 1.59. The molecule has 1 fully saturated rings. The van der Waals surface area contributed by atoms with Gasteiger partial charge in [-0.15, -0.1) is 11.3 Å². The minimum Gasteiger partial charge on any atom is -0.507 e. The zero-order valence-electron chi connectivity index (χ0n) is 22.2. The first-order chi connectivity index (χ1) is 19.5. The predicted octanol–water partition coefficient (Wildman–Crippen LogP) is 6.14. The number of aryl methyl sites for hydroxylation is 1. The van der Waals surface area contributed by atoms with Crippen molar-refractivity contribution in [3.63, 3.8) is 0 Å². The summed E-state index contributed by atoms with van der Waals surface area (Å²) >= 11 is 1.42. The van der Waals surface area contributed by atoms with Gasteiger partial charge < -0.3 is 24.2 Å². The van der Waals surface area contributed by atoms with E-state index in [0.717, 1.165) is 16.0 Å². The number of nitrogens with zero attached hydrogens (tertiary/aromatic N) is 1. The Bertz CT molecular complexity index is 1510. The van der Waals surface area contributed by atoms with Crippen LogP contribution in [0.25, 0.3) is 5.76 Å². The molecule has 2 heterocycles. The molecular formula is C32H29NO6S. The van der Waals surface area contributed by atoms with Crippen LogP contribution in [0.15, 0.2) is 95.9 Å². The molecule has 8 heteroatoms. The maximum atomic E-state index is 13.3. The molecule has 7 nitrogen and oxygen atoms in total. The molecule has 0 saturated carbocycles. The van der Waals surface area contributed by atoms with Crippen LogP contribution in [0.1, 0.15) is 27.6 Å². The number of likely N-dealkylation sites (tertiary alicyclic amines) is 1. The lowest BCUT2D eigenvalue weighted by molar-refractivity contribution is -0.140. The van der Waals surface area contributed by atoms with E-state index in [1.54, 1.807) is 49.6 Å². The Morgan fingerprint density at radius 3 is 2.35 bits per heavy atom. The Balaban J connectivity index is 1.38. The van der Waals surface area contributed by atoms with Crippen LogP contribution in [-0.4, -0.2) is 42.0 Å². The highest BCUT2D eigenvalue weighted by Gasteiger charge is 2.46. The number of amides is 1. The van der Waals surface area contributed by atoms with Gasteiger partial charge in [0.2, 0.25) is 0 Å². The predicted molar refractivity (Wildman–Crippen MR) is 154 cm³/mol. The van der Waals surface area contributed by atoms with Gasteiger partial charge in [-0.1, -0.05) is 36.4 Å². The molecule has 0 bridgehead atoms. The molecule has 1 aliphatic rings. The van der Waals surface area contributed by atoms with Crippen LogP contribution < -0.4 is 14.2 Å². The summed E-state index contributed by atoms with van der Waals surface area (Å²) in [5.74, 6) is 0.399. The number of carbonyl (C=O) groups excluding carboxylic acids is 2. The first-order valence-electron chi connectivity index (χ1n) is 12.8. The average molecular weight is 556 g/mol. The number of hydrogen-bond donors (Lipinski definition) is 1. The molecule has 5 rings (SSSR count). The van der Waals surface area contributed by atoms with Crippen LogP contribution >= 0.6 is 11.3 Å². The SMILES string of the molecule is COc1ccc(OCCN2C(=O)C(=O)/C(=C(\O)c3ccc(OCc4ccccc4)c(C)c3)C2c2cccs2)cc1. The van der Waals surface area contributed by atoms with Crippen molar-refractivity contribution in [2.75, 3.05) is 20.3 Å². The summed E-state index contributed by atoms with van der Waals surface area (Å²) in [6.07, 6.45) is 0. The molecule has 0 aliphatic carbocycles. The Morgan fingerprint density at radius 2 is 1.68 bits per heavy atom. The molecule has 0 radical (unpaired) electrons. The van der Waals surface area contributed by atoms with Crippen LogP contribution in [0.5, 0.6) is 17.2 Å². The first kappa shape index (κ1) is 27.0. The van der Waals surface area contributed by atoms with Gasteiger partial charge in [0, 0.05) is 10.4 Å². The van der Waals surface area contributed by atoms with Gasteiger partial charge in [-0.3, -0.25) is 9.59 Å². The molecule has 1 aromatic heterocycles. The van der Waals surface area contributed by atoms with E-state index in [4.69, 9.17) is 14.2 Å². The molecule has 40 heavy (non-hydrogen) atoms. The lowest BCUT2D eigenvalue weighted by Gasteiger charge is -2.24. The van der Waals surface area contributed by atoms with Crippen LogP contribution in [0.2, 0.25) is 0 Å². The van der Waals surface area contributed by atoms with Crippen molar-refractivity contribution in [2.45, 2.75) is 19.6 Å². The normalized spacial score (nSPS) is 16.2. The molecule has 204 valence electrons. The van der Waals surface area contributed by atoms with E-state index in [9.17, 15) is 14.7 Å². The highest BCUT2D eigenvalue weighted by molar-refractivity contribution is 7.10. The minimum atomic E-state index is -0.720. The second-order valence-corrected chi connectivity index (χ2v) is 10.3. The second-order valence-electron chi connectivity index (χ2n) is 9.29. The molecule has 1 unspecified atom stereocenters. The molecule has 4 aromatic rings. The Hall–Kier alpha value is -4.56. The Labute approximate surface area is 236 Å². The van der Waals surface area contributed by atoms with Crippen LogP contribution in [0.3, 0.4) is 0 Å². The quantitative estimate of drug-likeness (QED) is 0.144. The summed E-state index contributed by atoms with van der Waals surface area (Å²) in [6, 6.07) is 25.2. The second kappa shape index (κ2) is 12.1. The number of carbonyl (C=O) groups is 2. The molecular weight excluding hydrogens is 526 g/mol. The molecule has 1 atom stereocenters. The number of ether oxygens (including phenoxy) is 3. The monoisotopic (exact) mass is 555 g/mol. The van der Waals surface area contributed by atoms with Gasteiger partial charge >= 0.3 is 0 Å². The number of rotatable bonds is 10. The zero-order chi connectivity index (χ0) is 28.1. The van der Waals surface area contributed by atoms with E-state index < -0.39 is 17.7 Å². The van der Waals surface area contributed by atoms with E-state index >= 15 is 0 Å². The van der Waals surface area contributed by atoms with Crippen LogP contribution in [0.4, 0.5) is 0 Å². The Kier molecular flexibility index (Phi) is 8.17. The fourth-order valence-electron chi connectivity index (χ4n) is 4.64.